The molecule has 4 rings (SSSR count). The van der Waals surface area contributed by atoms with Crippen molar-refractivity contribution in [2.75, 3.05) is 11.4 Å². The van der Waals surface area contributed by atoms with Crippen molar-refractivity contribution in [1.29, 1.82) is 0 Å². The SMILES string of the molecule is CC1CN(c2nc3ccccc3[nH]2)C2CCCCC12. The highest BCUT2D eigenvalue weighted by Crippen LogP contribution is 2.41. The molecular weight excluding hydrogens is 234 g/mol. The summed E-state index contributed by atoms with van der Waals surface area (Å²) in [6, 6.07) is 9.05. The number of hydrogen-bond acceptors (Lipinski definition) is 2. The van der Waals surface area contributed by atoms with Crippen molar-refractivity contribution < 1.29 is 0 Å². The summed E-state index contributed by atoms with van der Waals surface area (Å²) in [6.07, 6.45) is 5.54. The lowest BCUT2D eigenvalue weighted by Gasteiger charge is -2.31. The van der Waals surface area contributed by atoms with Crippen LogP contribution in [-0.2, 0) is 0 Å². The number of benzene rings is 1. The molecule has 2 heterocycles. The molecular formula is C16H21N3. The summed E-state index contributed by atoms with van der Waals surface area (Å²) >= 11 is 0. The van der Waals surface area contributed by atoms with Crippen LogP contribution in [0.15, 0.2) is 24.3 Å². The van der Waals surface area contributed by atoms with Crippen LogP contribution >= 0.6 is 0 Å². The predicted octanol–water partition coefficient (Wildman–Crippen LogP) is 3.58. The maximum Gasteiger partial charge on any atom is 0.204 e. The normalized spacial score (nSPS) is 30.8. The van der Waals surface area contributed by atoms with E-state index < -0.39 is 0 Å². The van der Waals surface area contributed by atoms with Gasteiger partial charge < -0.3 is 9.88 Å². The van der Waals surface area contributed by atoms with Crippen molar-refractivity contribution in [3.05, 3.63) is 24.3 Å². The average molecular weight is 255 g/mol. The molecule has 3 heteroatoms. The van der Waals surface area contributed by atoms with E-state index in [9.17, 15) is 0 Å². The third-order valence-electron chi connectivity index (χ3n) is 5.05. The summed E-state index contributed by atoms with van der Waals surface area (Å²) in [5, 5.41) is 0. The molecule has 0 amide bonds. The van der Waals surface area contributed by atoms with Gasteiger partial charge in [0.1, 0.15) is 0 Å². The molecule has 1 N–H and O–H groups in total. The fraction of sp³-hybridized carbons (Fsp3) is 0.562. The molecule has 2 fully saturated rings. The van der Waals surface area contributed by atoms with Gasteiger partial charge in [-0.15, -0.1) is 0 Å². The Hall–Kier alpha value is -1.51. The second kappa shape index (κ2) is 4.26. The summed E-state index contributed by atoms with van der Waals surface area (Å²) in [5.41, 5.74) is 2.24. The second-order valence-corrected chi connectivity index (χ2v) is 6.22. The van der Waals surface area contributed by atoms with Gasteiger partial charge in [0.2, 0.25) is 5.95 Å². The minimum atomic E-state index is 0.712. The molecule has 3 unspecified atom stereocenters. The number of aromatic amines is 1. The number of fused-ring (bicyclic) bond motifs is 2. The number of aromatic nitrogens is 2. The Kier molecular flexibility index (Phi) is 2.54. The molecule has 100 valence electrons. The summed E-state index contributed by atoms with van der Waals surface area (Å²) in [7, 11) is 0. The number of H-pyrrole nitrogens is 1. The van der Waals surface area contributed by atoms with E-state index in [2.05, 4.69) is 41.1 Å². The summed E-state index contributed by atoms with van der Waals surface area (Å²) < 4.78 is 0. The summed E-state index contributed by atoms with van der Waals surface area (Å²) in [6.45, 7) is 3.57. The fourth-order valence-corrected chi connectivity index (χ4v) is 4.09. The van der Waals surface area contributed by atoms with E-state index in [0.29, 0.717) is 6.04 Å². The number of rotatable bonds is 1. The molecule has 1 aromatic heterocycles. The Labute approximate surface area is 114 Å². The number of nitrogens with one attached hydrogen (secondary N) is 1. The van der Waals surface area contributed by atoms with Crippen LogP contribution in [0.4, 0.5) is 5.95 Å². The molecule has 1 saturated carbocycles. The Morgan fingerprint density at radius 3 is 2.95 bits per heavy atom. The van der Waals surface area contributed by atoms with Gasteiger partial charge in [-0.05, 0) is 36.8 Å². The van der Waals surface area contributed by atoms with Gasteiger partial charge in [-0.3, -0.25) is 0 Å². The van der Waals surface area contributed by atoms with Crippen molar-refractivity contribution >= 4 is 17.0 Å². The first-order valence-corrected chi connectivity index (χ1v) is 7.54. The van der Waals surface area contributed by atoms with E-state index in [-0.39, 0.29) is 0 Å². The van der Waals surface area contributed by atoms with Crippen molar-refractivity contribution in [1.82, 2.24) is 9.97 Å². The summed E-state index contributed by atoms with van der Waals surface area (Å²) in [5.74, 6) is 2.77. The largest absolute Gasteiger partial charge is 0.339 e. The second-order valence-electron chi connectivity index (χ2n) is 6.22. The van der Waals surface area contributed by atoms with Crippen molar-refractivity contribution in [2.24, 2.45) is 11.8 Å². The zero-order valence-corrected chi connectivity index (χ0v) is 11.5. The predicted molar refractivity (Wildman–Crippen MR) is 78.3 cm³/mol. The zero-order valence-electron chi connectivity index (χ0n) is 11.5. The van der Waals surface area contributed by atoms with Gasteiger partial charge >= 0.3 is 0 Å². The van der Waals surface area contributed by atoms with E-state index in [1.165, 1.54) is 25.7 Å². The first kappa shape index (κ1) is 11.3. The van der Waals surface area contributed by atoms with Crippen LogP contribution in [0.2, 0.25) is 0 Å². The van der Waals surface area contributed by atoms with E-state index in [4.69, 9.17) is 4.98 Å². The van der Waals surface area contributed by atoms with E-state index >= 15 is 0 Å². The maximum atomic E-state index is 4.79. The Bertz CT molecular complexity index is 555. The standard InChI is InChI=1S/C16H21N3/c1-11-10-19(15-9-5-2-6-12(11)15)16-17-13-7-3-4-8-14(13)18-16/h3-4,7-8,11-12,15H,2,5-6,9-10H2,1H3,(H,17,18). The lowest BCUT2D eigenvalue weighted by Crippen LogP contribution is -2.35. The highest BCUT2D eigenvalue weighted by atomic mass is 15.3. The van der Waals surface area contributed by atoms with E-state index in [1.807, 2.05) is 0 Å². The molecule has 1 saturated heterocycles. The maximum absolute atomic E-state index is 4.79. The van der Waals surface area contributed by atoms with Crippen LogP contribution in [0.5, 0.6) is 0 Å². The Balaban J connectivity index is 1.71. The molecule has 0 radical (unpaired) electrons. The minimum Gasteiger partial charge on any atom is -0.339 e. The lowest BCUT2D eigenvalue weighted by atomic mass is 9.80. The smallest absolute Gasteiger partial charge is 0.204 e. The molecule has 3 atom stereocenters. The number of imidazole rings is 1. The van der Waals surface area contributed by atoms with Gasteiger partial charge in [-0.1, -0.05) is 31.9 Å². The first-order valence-electron chi connectivity index (χ1n) is 7.54. The van der Waals surface area contributed by atoms with Gasteiger partial charge in [0.15, 0.2) is 0 Å². The number of hydrogen-bond donors (Lipinski definition) is 1. The molecule has 3 nitrogen and oxygen atoms in total. The fourth-order valence-electron chi connectivity index (χ4n) is 4.09. The molecule has 19 heavy (non-hydrogen) atoms. The lowest BCUT2D eigenvalue weighted by molar-refractivity contribution is 0.293. The molecule has 2 aromatic rings. The molecule has 1 aromatic carbocycles. The minimum absolute atomic E-state index is 0.712. The number of anilines is 1. The molecule has 1 aliphatic carbocycles. The van der Waals surface area contributed by atoms with Crippen LogP contribution < -0.4 is 4.90 Å². The van der Waals surface area contributed by atoms with Crippen molar-refractivity contribution in [2.45, 2.75) is 38.6 Å². The van der Waals surface area contributed by atoms with Crippen LogP contribution in [-0.4, -0.2) is 22.6 Å². The molecule has 0 bridgehead atoms. The number of nitrogens with zero attached hydrogens (tertiary/aromatic N) is 2. The van der Waals surface area contributed by atoms with Gasteiger partial charge in [0, 0.05) is 12.6 Å². The van der Waals surface area contributed by atoms with E-state index in [0.717, 1.165) is 35.4 Å². The van der Waals surface area contributed by atoms with Crippen LogP contribution in [0, 0.1) is 11.8 Å². The molecule has 1 aliphatic heterocycles. The van der Waals surface area contributed by atoms with Crippen LogP contribution in [0.1, 0.15) is 32.6 Å². The van der Waals surface area contributed by atoms with Crippen LogP contribution in [0.3, 0.4) is 0 Å². The molecule has 0 spiro atoms. The third kappa shape index (κ3) is 1.75. The Morgan fingerprint density at radius 1 is 1.21 bits per heavy atom. The van der Waals surface area contributed by atoms with Gasteiger partial charge in [-0.25, -0.2) is 4.98 Å². The van der Waals surface area contributed by atoms with Gasteiger partial charge in [0.05, 0.1) is 11.0 Å². The van der Waals surface area contributed by atoms with E-state index in [1.54, 1.807) is 0 Å². The van der Waals surface area contributed by atoms with Crippen LogP contribution in [0.25, 0.3) is 11.0 Å². The number of para-hydroxylation sites is 2. The quantitative estimate of drug-likeness (QED) is 0.844. The topological polar surface area (TPSA) is 31.9 Å². The van der Waals surface area contributed by atoms with Gasteiger partial charge in [-0.2, -0.15) is 0 Å². The molecule has 2 aliphatic rings. The highest BCUT2D eigenvalue weighted by Gasteiger charge is 2.41. The van der Waals surface area contributed by atoms with Crippen molar-refractivity contribution in [3.8, 4) is 0 Å². The van der Waals surface area contributed by atoms with Gasteiger partial charge in [0.25, 0.3) is 0 Å². The van der Waals surface area contributed by atoms with Crippen molar-refractivity contribution in [3.63, 3.8) is 0 Å². The average Bonchev–Trinajstić information content (AvgIpc) is 3.01. The summed E-state index contributed by atoms with van der Waals surface area (Å²) in [4.78, 5) is 10.8. The monoisotopic (exact) mass is 255 g/mol. The Morgan fingerprint density at radius 2 is 2.05 bits per heavy atom. The zero-order chi connectivity index (χ0) is 12.8. The highest BCUT2D eigenvalue weighted by molar-refractivity contribution is 5.77. The third-order valence-corrected chi connectivity index (χ3v) is 5.05. The first-order chi connectivity index (χ1) is 9.33.